The van der Waals surface area contributed by atoms with Gasteiger partial charge in [-0.1, -0.05) is 12.1 Å². The Labute approximate surface area is 121 Å². The van der Waals surface area contributed by atoms with Gasteiger partial charge in [-0.15, -0.1) is 0 Å². The monoisotopic (exact) mass is 313 g/mol. The molecule has 8 nitrogen and oxygen atoms in total. The van der Waals surface area contributed by atoms with Crippen LogP contribution in [-0.4, -0.2) is 31.5 Å². The fourth-order valence-electron chi connectivity index (χ4n) is 1.46. The molecule has 0 saturated carbocycles. The molecular weight excluding hydrogens is 298 g/mol. The highest BCUT2D eigenvalue weighted by Crippen LogP contribution is 2.13. The minimum Gasteiger partial charge on any atom is -0.353 e. The largest absolute Gasteiger partial charge is 0.353 e. The number of carbonyl (C=O) groups excluding carboxylic acids is 1. The Morgan fingerprint density at radius 3 is 2.76 bits per heavy atom. The Balaban J connectivity index is 2.47. The lowest BCUT2D eigenvalue weighted by molar-refractivity contribution is -0.384. The van der Waals surface area contributed by atoms with Crippen LogP contribution in [0.3, 0.4) is 0 Å². The molecule has 0 bridgehead atoms. The van der Waals surface area contributed by atoms with Gasteiger partial charge in [-0.3, -0.25) is 14.9 Å². The zero-order chi connectivity index (χ0) is 15.9. The van der Waals surface area contributed by atoms with Crippen molar-refractivity contribution in [2.45, 2.75) is 6.42 Å². The van der Waals surface area contributed by atoms with Gasteiger partial charge >= 0.3 is 0 Å². The summed E-state index contributed by atoms with van der Waals surface area (Å²) in [5.74, 6) is -0.627. The number of benzene rings is 1. The van der Waals surface area contributed by atoms with Crippen LogP contribution in [0.1, 0.15) is 12.0 Å². The maximum Gasteiger partial charge on any atom is 0.270 e. The van der Waals surface area contributed by atoms with Gasteiger partial charge in [0.1, 0.15) is 0 Å². The average Bonchev–Trinajstić information content (AvgIpc) is 2.40. The minimum atomic E-state index is -3.52. The Morgan fingerprint density at radius 1 is 1.43 bits per heavy atom. The van der Waals surface area contributed by atoms with Gasteiger partial charge in [-0.25, -0.2) is 13.6 Å². The van der Waals surface area contributed by atoms with Gasteiger partial charge in [-0.2, -0.15) is 0 Å². The van der Waals surface area contributed by atoms with Gasteiger partial charge < -0.3 is 5.32 Å². The van der Waals surface area contributed by atoms with Crippen LogP contribution >= 0.6 is 0 Å². The standard InChI is InChI=1S/C12H15N3O5S/c13-21(19,20)8-2-7-14-12(16)6-5-10-3-1-4-11(9-10)15(17)18/h1,3-6,9H,2,7-8H2,(H,14,16)(H2,13,19,20)/b6-5+. The predicted octanol–water partition coefficient (Wildman–Crippen LogP) is 0.403. The molecule has 9 heteroatoms. The minimum absolute atomic E-state index is 0.0642. The summed E-state index contributed by atoms with van der Waals surface area (Å²) >= 11 is 0. The van der Waals surface area contributed by atoms with Gasteiger partial charge in [0, 0.05) is 24.8 Å². The number of non-ortho nitro benzene ring substituents is 1. The van der Waals surface area contributed by atoms with Crippen molar-refractivity contribution in [1.82, 2.24) is 5.32 Å². The molecule has 0 unspecified atom stereocenters. The van der Waals surface area contributed by atoms with Gasteiger partial charge in [0.05, 0.1) is 10.7 Å². The van der Waals surface area contributed by atoms with Crippen molar-refractivity contribution >= 4 is 27.7 Å². The number of carbonyl (C=O) groups is 1. The second-order valence-corrected chi connectivity index (χ2v) is 5.93. The number of nitro benzene ring substituents is 1. The summed E-state index contributed by atoms with van der Waals surface area (Å²) in [5.41, 5.74) is 0.453. The van der Waals surface area contributed by atoms with E-state index in [1.54, 1.807) is 6.07 Å². The fraction of sp³-hybridized carbons (Fsp3) is 0.250. The van der Waals surface area contributed by atoms with Gasteiger partial charge in [0.15, 0.2) is 0 Å². The lowest BCUT2D eigenvalue weighted by Crippen LogP contribution is -2.25. The number of nitro groups is 1. The number of primary sulfonamides is 1. The topological polar surface area (TPSA) is 132 Å². The highest BCUT2D eigenvalue weighted by molar-refractivity contribution is 7.89. The highest BCUT2D eigenvalue weighted by atomic mass is 32.2. The first-order chi connectivity index (χ1) is 9.78. The maximum atomic E-state index is 11.4. The molecule has 114 valence electrons. The van der Waals surface area contributed by atoms with Gasteiger partial charge in [0.2, 0.25) is 15.9 Å². The quantitative estimate of drug-likeness (QED) is 0.325. The van der Waals surface area contributed by atoms with Crippen molar-refractivity contribution in [1.29, 1.82) is 0 Å². The summed E-state index contributed by atoms with van der Waals surface area (Å²) in [6, 6.07) is 5.83. The molecule has 0 aromatic heterocycles. The molecule has 0 atom stereocenters. The Bertz CT molecular complexity index is 655. The summed E-state index contributed by atoms with van der Waals surface area (Å²) in [5, 5.41) is 17.9. The molecule has 1 aromatic rings. The Morgan fingerprint density at radius 2 is 2.14 bits per heavy atom. The normalized spacial score (nSPS) is 11.5. The van der Waals surface area contributed by atoms with Crippen molar-refractivity contribution < 1.29 is 18.1 Å². The second-order valence-electron chi connectivity index (χ2n) is 4.20. The molecule has 0 heterocycles. The smallest absolute Gasteiger partial charge is 0.270 e. The summed E-state index contributed by atoms with van der Waals surface area (Å²) in [6.45, 7) is 0.175. The number of hydrogen-bond acceptors (Lipinski definition) is 5. The van der Waals surface area contributed by atoms with Crippen LogP contribution in [0.25, 0.3) is 6.08 Å². The maximum absolute atomic E-state index is 11.4. The molecule has 1 aromatic carbocycles. The SMILES string of the molecule is NS(=O)(=O)CCCNC(=O)/C=C/c1cccc([N+](=O)[O-])c1. The van der Waals surface area contributed by atoms with E-state index >= 15 is 0 Å². The van der Waals surface area contributed by atoms with Crippen molar-refractivity contribution in [3.8, 4) is 0 Å². The number of hydrogen-bond donors (Lipinski definition) is 2. The zero-order valence-corrected chi connectivity index (χ0v) is 11.9. The molecule has 3 N–H and O–H groups in total. The number of sulfonamides is 1. The van der Waals surface area contributed by atoms with E-state index in [0.29, 0.717) is 5.56 Å². The summed E-state index contributed by atoms with van der Waals surface area (Å²) in [4.78, 5) is 21.5. The number of amides is 1. The lowest BCUT2D eigenvalue weighted by Gasteiger charge is -2.01. The summed E-state index contributed by atoms with van der Waals surface area (Å²) < 4.78 is 21.3. The molecular formula is C12H15N3O5S. The van der Waals surface area contributed by atoms with Crippen LogP contribution in [0.5, 0.6) is 0 Å². The van der Waals surface area contributed by atoms with Crippen LogP contribution in [0, 0.1) is 10.1 Å². The van der Waals surface area contributed by atoms with Gasteiger partial charge in [-0.05, 0) is 18.1 Å². The first kappa shape index (κ1) is 16.8. The molecule has 0 aliphatic carbocycles. The van der Waals surface area contributed by atoms with Crippen LogP contribution < -0.4 is 10.5 Å². The first-order valence-corrected chi connectivity index (χ1v) is 7.70. The molecule has 1 rings (SSSR count). The number of nitrogens with one attached hydrogen (secondary N) is 1. The van der Waals surface area contributed by atoms with Gasteiger partial charge in [0.25, 0.3) is 5.69 Å². The molecule has 1 amide bonds. The molecule has 0 radical (unpaired) electrons. The van der Waals surface area contributed by atoms with E-state index < -0.39 is 20.9 Å². The number of rotatable bonds is 7. The molecule has 0 saturated heterocycles. The highest BCUT2D eigenvalue weighted by Gasteiger charge is 2.04. The van der Waals surface area contributed by atoms with E-state index in [2.05, 4.69) is 5.32 Å². The zero-order valence-electron chi connectivity index (χ0n) is 11.1. The van der Waals surface area contributed by atoms with Crippen molar-refractivity contribution in [2.24, 2.45) is 5.14 Å². The molecule has 0 aliphatic rings. The molecule has 21 heavy (non-hydrogen) atoms. The van der Waals surface area contributed by atoms with E-state index in [1.807, 2.05) is 0 Å². The van der Waals surface area contributed by atoms with E-state index in [4.69, 9.17) is 5.14 Å². The number of nitrogens with zero attached hydrogens (tertiary/aromatic N) is 1. The van der Waals surface area contributed by atoms with Crippen LogP contribution in [0.2, 0.25) is 0 Å². The van der Waals surface area contributed by atoms with Crippen molar-refractivity contribution in [2.75, 3.05) is 12.3 Å². The average molecular weight is 313 g/mol. The molecule has 0 spiro atoms. The summed E-state index contributed by atoms with van der Waals surface area (Å²) in [7, 11) is -3.52. The van der Waals surface area contributed by atoms with Crippen molar-refractivity contribution in [3.63, 3.8) is 0 Å². The predicted molar refractivity (Wildman–Crippen MR) is 77.7 cm³/mol. The second kappa shape index (κ2) is 7.50. The van der Waals surface area contributed by atoms with Crippen LogP contribution in [0.4, 0.5) is 5.69 Å². The lowest BCUT2D eigenvalue weighted by atomic mass is 10.2. The van der Waals surface area contributed by atoms with Crippen LogP contribution in [-0.2, 0) is 14.8 Å². The van der Waals surface area contributed by atoms with Crippen LogP contribution in [0.15, 0.2) is 30.3 Å². The third-order valence-electron chi connectivity index (χ3n) is 2.41. The summed E-state index contributed by atoms with van der Waals surface area (Å²) in [6.07, 6.45) is 2.87. The third-order valence-corrected chi connectivity index (χ3v) is 3.27. The third kappa shape index (κ3) is 7.18. The first-order valence-electron chi connectivity index (χ1n) is 5.99. The number of nitrogens with two attached hydrogens (primary N) is 1. The molecule has 0 aliphatic heterocycles. The Hall–Kier alpha value is -2.26. The fourth-order valence-corrected chi connectivity index (χ4v) is 2.00. The van der Waals surface area contributed by atoms with E-state index in [0.717, 1.165) is 0 Å². The van der Waals surface area contributed by atoms with E-state index in [9.17, 15) is 23.3 Å². The molecule has 0 fully saturated rings. The van der Waals surface area contributed by atoms with Crippen molar-refractivity contribution in [3.05, 3.63) is 46.0 Å². The Kier molecular flexibility index (Phi) is 6.00. The van der Waals surface area contributed by atoms with E-state index in [-0.39, 0.29) is 24.4 Å². The van der Waals surface area contributed by atoms with E-state index in [1.165, 1.54) is 30.4 Å².